The lowest BCUT2D eigenvalue weighted by atomic mass is 9.86. The van der Waals surface area contributed by atoms with E-state index in [1.54, 1.807) is 53.4 Å². The lowest BCUT2D eigenvalue weighted by Gasteiger charge is -2.54. The summed E-state index contributed by atoms with van der Waals surface area (Å²) in [7, 11) is -4.21. The van der Waals surface area contributed by atoms with Crippen LogP contribution in [0.15, 0.2) is 66.7 Å². The number of hydrogen-bond donors (Lipinski definition) is 3. The SMILES string of the molecule is CC(O)C(NC(=O)C1C(N(c2cc(F)cc(F)c2)S(C)(=O)=O)CN1C(c1ccc(Cl)cc1)c1ccc(Cl)cc1)C(N)=O. The topological polar surface area (TPSA) is 133 Å². The molecule has 42 heavy (non-hydrogen) atoms. The maximum absolute atomic E-state index is 14.2. The largest absolute Gasteiger partial charge is 0.391 e. The highest BCUT2D eigenvalue weighted by atomic mass is 35.5. The number of halogens is 4. The Morgan fingerprint density at radius 3 is 1.88 bits per heavy atom. The number of aliphatic hydroxyl groups excluding tert-OH is 1. The van der Waals surface area contributed by atoms with Gasteiger partial charge in [-0.3, -0.25) is 18.8 Å². The molecule has 0 spiro atoms. The highest BCUT2D eigenvalue weighted by Crippen LogP contribution is 2.41. The van der Waals surface area contributed by atoms with Crippen molar-refractivity contribution < 1.29 is 31.9 Å². The number of primary amides is 1. The first-order chi connectivity index (χ1) is 19.7. The first-order valence-electron chi connectivity index (χ1n) is 12.7. The number of hydrogen-bond acceptors (Lipinski definition) is 6. The van der Waals surface area contributed by atoms with Crippen molar-refractivity contribution in [3.05, 3.63) is 99.5 Å². The molecule has 224 valence electrons. The average molecular weight is 642 g/mol. The zero-order valence-corrected chi connectivity index (χ0v) is 24.7. The molecule has 4 rings (SSSR count). The second-order valence-electron chi connectivity index (χ2n) is 10.0. The molecule has 1 aliphatic rings. The number of rotatable bonds is 10. The van der Waals surface area contributed by atoms with Crippen LogP contribution in [-0.2, 0) is 19.6 Å². The summed E-state index contributed by atoms with van der Waals surface area (Å²) in [5.74, 6) is -3.88. The molecule has 0 saturated carbocycles. The molecule has 14 heteroatoms. The van der Waals surface area contributed by atoms with Gasteiger partial charge in [0.15, 0.2) is 0 Å². The Kier molecular flexibility index (Phi) is 9.43. The predicted molar refractivity (Wildman–Crippen MR) is 156 cm³/mol. The first-order valence-corrected chi connectivity index (χ1v) is 15.3. The molecule has 4 N–H and O–H groups in total. The fourth-order valence-corrected chi connectivity index (χ4v) is 6.55. The number of nitrogens with one attached hydrogen (secondary N) is 1. The fourth-order valence-electron chi connectivity index (χ4n) is 5.14. The smallest absolute Gasteiger partial charge is 0.242 e. The number of benzene rings is 3. The van der Waals surface area contributed by atoms with E-state index >= 15 is 0 Å². The second-order valence-corrected chi connectivity index (χ2v) is 12.8. The van der Waals surface area contributed by atoms with Crippen molar-refractivity contribution in [3.8, 4) is 0 Å². The summed E-state index contributed by atoms with van der Waals surface area (Å²) in [4.78, 5) is 27.5. The maximum atomic E-state index is 14.2. The molecule has 0 radical (unpaired) electrons. The summed E-state index contributed by atoms with van der Waals surface area (Å²) in [5.41, 5.74) is 6.44. The molecule has 1 saturated heterocycles. The fraction of sp³-hybridized carbons (Fsp3) is 0.286. The lowest BCUT2D eigenvalue weighted by molar-refractivity contribution is -0.138. The van der Waals surface area contributed by atoms with Gasteiger partial charge in [-0.15, -0.1) is 0 Å². The molecule has 2 amide bonds. The summed E-state index contributed by atoms with van der Waals surface area (Å²) in [6.07, 6.45) is -0.518. The molecular weight excluding hydrogens is 613 g/mol. The van der Waals surface area contributed by atoms with Crippen molar-refractivity contribution >= 4 is 50.7 Å². The zero-order valence-electron chi connectivity index (χ0n) is 22.4. The van der Waals surface area contributed by atoms with Crippen LogP contribution in [0.2, 0.25) is 10.0 Å². The number of anilines is 1. The molecule has 0 bridgehead atoms. The number of nitrogens with zero attached hydrogens (tertiary/aromatic N) is 2. The van der Waals surface area contributed by atoms with Crippen molar-refractivity contribution in [3.63, 3.8) is 0 Å². The van der Waals surface area contributed by atoms with E-state index in [9.17, 15) is 31.9 Å². The Bertz CT molecular complexity index is 1510. The van der Waals surface area contributed by atoms with E-state index in [1.165, 1.54) is 6.92 Å². The predicted octanol–water partition coefficient (Wildman–Crippen LogP) is 3.23. The molecule has 9 nitrogen and oxygen atoms in total. The van der Waals surface area contributed by atoms with Gasteiger partial charge in [-0.2, -0.15) is 0 Å². The monoisotopic (exact) mass is 640 g/mol. The van der Waals surface area contributed by atoms with E-state index in [1.807, 2.05) is 0 Å². The van der Waals surface area contributed by atoms with E-state index in [-0.39, 0.29) is 12.2 Å². The van der Waals surface area contributed by atoms with Crippen molar-refractivity contribution in [2.24, 2.45) is 5.73 Å². The van der Waals surface area contributed by atoms with Crippen LogP contribution in [0.5, 0.6) is 0 Å². The van der Waals surface area contributed by atoms with Gasteiger partial charge >= 0.3 is 0 Å². The van der Waals surface area contributed by atoms with E-state index in [0.717, 1.165) is 22.7 Å². The minimum atomic E-state index is -4.21. The number of aliphatic hydroxyl groups is 1. The van der Waals surface area contributed by atoms with Gasteiger partial charge in [-0.25, -0.2) is 17.2 Å². The molecule has 0 aliphatic carbocycles. The summed E-state index contributed by atoms with van der Waals surface area (Å²) < 4.78 is 55.4. The highest BCUT2D eigenvalue weighted by Gasteiger charge is 2.53. The molecule has 1 aliphatic heterocycles. The van der Waals surface area contributed by atoms with Gasteiger partial charge < -0.3 is 16.2 Å². The number of nitrogens with two attached hydrogens (primary N) is 1. The van der Waals surface area contributed by atoms with Crippen LogP contribution < -0.4 is 15.4 Å². The van der Waals surface area contributed by atoms with Crippen molar-refractivity contribution in [1.82, 2.24) is 10.2 Å². The van der Waals surface area contributed by atoms with Crippen LogP contribution in [0.25, 0.3) is 0 Å². The lowest BCUT2D eigenvalue weighted by Crippen LogP contribution is -2.73. The molecule has 1 fully saturated rings. The van der Waals surface area contributed by atoms with Gasteiger partial charge in [0.25, 0.3) is 0 Å². The van der Waals surface area contributed by atoms with Crippen LogP contribution in [-0.4, -0.2) is 67.3 Å². The normalized spacial score (nSPS) is 18.7. The van der Waals surface area contributed by atoms with Crippen molar-refractivity contribution in [2.45, 2.75) is 37.2 Å². The molecular formula is C28H28Cl2F2N4O5S. The molecule has 3 aromatic carbocycles. The molecule has 4 unspecified atom stereocenters. The Balaban J connectivity index is 1.86. The first kappa shape index (κ1) is 31.6. The number of carbonyl (C=O) groups is 2. The summed E-state index contributed by atoms with van der Waals surface area (Å²) in [5, 5.41) is 13.4. The van der Waals surface area contributed by atoms with Crippen LogP contribution in [0.4, 0.5) is 14.5 Å². The second kappa shape index (κ2) is 12.5. The maximum Gasteiger partial charge on any atom is 0.242 e. The molecule has 1 heterocycles. The van der Waals surface area contributed by atoms with Gasteiger partial charge in [0.2, 0.25) is 21.8 Å². The summed E-state index contributed by atoms with van der Waals surface area (Å²) in [6, 6.07) is 11.2. The van der Waals surface area contributed by atoms with Crippen LogP contribution in [0, 0.1) is 11.6 Å². The Hall–Kier alpha value is -3.29. The van der Waals surface area contributed by atoms with Crippen LogP contribution in [0.3, 0.4) is 0 Å². The minimum Gasteiger partial charge on any atom is -0.391 e. The standard InChI is InChI=1S/C28H28Cl2F2N4O5S/c1-15(37)24(27(33)38)34-28(39)26-23(36(42(2,40)41)22-12-20(31)11-21(32)13-22)14-35(26)25(16-3-7-18(29)8-4-16)17-5-9-19(30)10-6-17/h3-13,15,23-26,37H,14H2,1-2H3,(H2,33,38)(H,34,39). The summed E-state index contributed by atoms with van der Waals surface area (Å²) in [6.45, 7) is 1.18. The van der Waals surface area contributed by atoms with Gasteiger partial charge in [0.05, 0.1) is 30.1 Å². The third-order valence-electron chi connectivity index (χ3n) is 6.94. The van der Waals surface area contributed by atoms with Crippen LogP contribution >= 0.6 is 23.2 Å². The highest BCUT2D eigenvalue weighted by molar-refractivity contribution is 7.92. The quantitative estimate of drug-likeness (QED) is 0.312. The third-order valence-corrected chi connectivity index (χ3v) is 8.64. The van der Waals surface area contributed by atoms with E-state index in [4.69, 9.17) is 28.9 Å². The Morgan fingerprint density at radius 2 is 1.48 bits per heavy atom. The van der Waals surface area contributed by atoms with E-state index in [0.29, 0.717) is 27.2 Å². The Morgan fingerprint density at radius 1 is 1.00 bits per heavy atom. The van der Waals surface area contributed by atoms with Crippen LogP contribution in [0.1, 0.15) is 24.1 Å². The Labute approximate surface area is 251 Å². The number of amides is 2. The van der Waals surface area contributed by atoms with Gasteiger partial charge in [-0.1, -0.05) is 47.5 Å². The van der Waals surface area contributed by atoms with Gasteiger partial charge in [-0.05, 0) is 54.4 Å². The molecule has 0 aromatic heterocycles. The van der Waals surface area contributed by atoms with Gasteiger partial charge in [0, 0.05) is 22.7 Å². The zero-order chi connectivity index (χ0) is 30.9. The third kappa shape index (κ3) is 6.84. The number of likely N-dealkylation sites (tertiary alicyclic amines) is 1. The molecule has 4 atom stereocenters. The van der Waals surface area contributed by atoms with Gasteiger partial charge in [0.1, 0.15) is 23.7 Å². The minimum absolute atomic E-state index is 0.0743. The van der Waals surface area contributed by atoms with Crippen molar-refractivity contribution in [1.29, 1.82) is 0 Å². The van der Waals surface area contributed by atoms with E-state index < -0.39 is 63.7 Å². The number of sulfonamides is 1. The van der Waals surface area contributed by atoms with E-state index in [2.05, 4.69) is 5.32 Å². The number of carbonyl (C=O) groups excluding carboxylic acids is 2. The molecule has 3 aromatic rings. The van der Waals surface area contributed by atoms with Crippen molar-refractivity contribution in [2.75, 3.05) is 17.1 Å². The summed E-state index contributed by atoms with van der Waals surface area (Å²) >= 11 is 12.2. The average Bonchev–Trinajstić information content (AvgIpc) is 2.86.